The molecule has 1 heterocycles. The summed E-state index contributed by atoms with van der Waals surface area (Å²) in [6.45, 7) is 0. The summed E-state index contributed by atoms with van der Waals surface area (Å²) >= 11 is 1.86. The fourth-order valence-electron chi connectivity index (χ4n) is 9.64. The predicted molar refractivity (Wildman–Crippen MR) is 276 cm³/mol. The molecule has 0 N–H and O–H groups in total. The average molecular weight is 832 g/mol. The molecule has 0 unspecified atom stereocenters. The number of hydrogen-bond acceptors (Lipinski definition) is 2. The monoisotopic (exact) mass is 831 g/mol. The number of rotatable bonds is 8. The number of nitrogens with zero attached hydrogens (tertiary/aromatic N) is 1. The number of benzene rings is 11. The molecule has 300 valence electrons. The highest BCUT2D eigenvalue weighted by molar-refractivity contribution is 7.26. The summed E-state index contributed by atoms with van der Waals surface area (Å²) in [5, 5.41) is 7.54. The SMILES string of the molecule is c1ccc(-c2ccc(-c3ccc(N(c4cc(-c5cc6ccccc6c6ccccc56)ccc4-c4ccccc4)c4cccc5sc6ccccc6c45)cc3)cc2-c2ccccc2)cc1. The normalized spacial score (nSPS) is 11.4. The van der Waals surface area contributed by atoms with Crippen LogP contribution in [0.25, 0.3) is 97.4 Å². The Morgan fingerprint density at radius 1 is 0.266 bits per heavy atom. The molecule has 1 nitrogen and oxygen atoms in total. The zero-order valence-corrected chi connectivity index (χ0v) is 35.8. The summed E-state index contributed by atoms with van der Waals surface area (Å²) in [5.74, 6) is 0. The van der Waals surface area contributed by atoms with Crippen molar-refractivity contribution < 1.29 is 0 Å². The lowest BCUT2D eigenvalue weighted by Crippen LogP contribution is -2.12. The molecule has 0 amide bonds. The highest BCUT2D eigenvalue weighted by Crippen LogP contribution is 2.49. The van der Waals surface area contributed by atoms with Gasteiger partial charge in [-0.2, -0.15) is 0 Å². The van der Waals surface area contributed by atoms with Crippen LogP contribution >= 0.6 is 11.3 Å². The van der Waals surface area contributed by atoms with E-state index in [4.69, 9.17) is 0 Å². The van der Waals surface area contributed by atoms with E-state index in [1.165, 1.54) is 97.4 Å². The second kappa shape index (κ2) is 16.0. The van der Waals surface area contributed by atoms with Crippen LogP contribution in [-0.4, -0.2) is 0 Å². The first-order valence-electron chi connectivity index (χ1n) is 21.9. The minimum Gasteiger partial charge on any atom is -0.309 e. The minimum atomic E-state index is 1.09. The molecule has 64 heavy (non-hydrogen) atoms. The zero-order chi connectivity index (χ0) is 42.4. The first-order chi connectivity index (χ1) is 31.7. The quantitative estimate of drug-likeness (QED) is 0.138. The van der Waals surface area contributed by atoms with Crippen LogP contribution in [0.3, 0.4) is 0 Å². The first-order valence-corrected chi connectivity index (χ1v) is 22.7. The summed E-state index contributed by atoms with van der Waals surface area (Å²) in [6, 6.07) is 91.1. The van der Waals surface area contributed by atoms with Crippen LogP contribution < -0.4 is 4.90 Å². The van der Waals surface area contributed by atoms with E-state index < -0.39 is 0 Å². The zero-order valence-electron chi connectivity index (χ0n) is 35.0. The second-order valence-electron chi connectivity index (χ2n) is 16.4. The van der Waals surface area contributed by atoms with Crippen molar-refractivity contribution in [3.63, 3.8) is 0 Å². The molecule has 0 atom stereocenters. The summed E-state index contributed by atoms with van der Waals surface area (Å²) < 4.78 is 2.55. The lowest BCUT2D eigenvalue weighted by atomic mass is 9.90. The van der Waals surface area contributed by atoms with Crippen LogP contribution in [0.2, 0.25) is 0 Å². The third kappa shape index (κ3) is 6.64. The molecule has 0 saturated heterocycles. The number of anilines is 3. The van der Waals surface area contributed by atoms with Crippen molar-refractivity contribution in [1.29, 1.82) is 0 Å². The lowest BCUT2D eigenvalue weighted by Gasteiger charge is -2.30. The van der Waals surface area contributed by atoms with Gasteiger partial charge in [-0.3, -0.25) is 0 Å². The molecule has 0 fully saturated rings. The van der Waals surface area contributed by atoms with E-state index in [1.54, 1.807) is 0 Å². The maximum absolute atomic E-state index is 2.51. The fourth-order valence-corrected chi connectivity index (χ4v) is 10.8. The van der Waals surface area contributed by atoms with E-state index in [0.717, 1.165) is 17.1 Å². The van der Waals surface area contributed by atoms with Crippen LogP contribution in [0.1, 0.15) is 0 Å². The Bertz CT molecular complexity index is 3650. The number of thiophene rings is 1. The first kappa shape index (κ1) is 37.7. The largest absolute Gasteiger partial charge is 0.309 e. The minimum absolute atomic E-state index is 1.09. The molecule has 2 heteroatoms. The molecule has 0 spiro atoms. The summed E-state index contributed by atoms with van der Waals surface area (Å²) in [7, 11) is 0. The lowest BCUT2D eigenvalue weighted by molar-refractivity contribution is 1.30. The van der Waals surface area contributed by atoms with Gasteiger partial charge < -0.3 is 4.90 Å². The summed E-state index contributed by atoms with van der Waals surface area (Å²) in [4.78, 5) is 2.51. The van der Waals surface area contributed by atoms with Crippen LogP contribution in [0.5, 0.6) is 0 Å². The van der Waals surface area contributed by atoms with Crippen molar-refractivity contribution in [3.8, 4) is 55.6 Å². The maximum Gasteiger partial charge on any atom is 0.0555 e. The van der Waals surface area contributed by atoms with E-state index in [1.807, 2.05) is 11.3 Å². The molecular weight excluding hydrogens is 791 g/mol. The van der Waals surface area contributed by atoms with Crippen LogP contribution in [0.4, 0.5) is 17.1 Å². The van der Waals surface area contributed by atoms with E-state index in [2.05, 4.69) is 254 Å². The third-order valence-electron chi connectivity index (χ3n) is 12.7. The molecule has 12 rings (SSSR count). The fraction of sp³-hybridized carbons (Fsp3) is 0. The molecule has 0 bridgehead atoms. The van der Waals surface area contributed by atoms with Crippen molar-refractivity contribution in [2.75, 3.05) is 4.90 Å². The Kier molecular flexibility index (Phi) is 9.43. The van der Waals surface area contributed by atoms with Gasteiger partial charge in [-0.25, -0.2) is 0 Å². The Morgan fingerprint density at radius 3 is 1.55 bits per heavy atom. The van der Waals surface area contributed by atoms with Crippen molar-refractivity contribution >= 4 is 70.1 Å². The maximum atomic E-state index is 2.51. The van der Waals surface area contributed by atoms with Gasteiger partial charge in [0.15, 0.2) is 0 Å². The molecule has 1 aromatic heterocycles. The summed E-state index contributed by atoms with van der Waals surface area (Å²) in [6.07, 6.45) is 0. The van der Waals surface area contributed by atoms with Gasteiger partial charge in [0.1, 0.15) is 0 Å². The van der Waals surface area contributed by atoms with Crippen molar-refractivity contribution in [3.05, 3.63) is 249 Å². The molecule has 12 aromatic rings. The third-order valence-corrected chi connectivity index (χ3v) is 13.8. The van der Waals surface area contributed by atoms with E-state index in [-0.39, 0.29) is 0 Å². The Labute approximate surface area is 377 Å². The van der Waals surface area contributed by atoms with Gasteiger partial charge in [0.2, 0.25) is 0 Å². The van der Waals surface area contributed by atoms with Gasteiger partial charge in [-0.15, -0.1) is 11.3 Å². The van der Waals surface area contributed by atoms with E-state index in [0.29, 0.717) is 0 Å². The molecule has 11 aromatic carbocycles. The molecule has 0 aliphatic rings. The number of fused-ring (bicyclic) bond motifs is 6. The topological polar surface area (TPSA) is 3.24 Å². The van der Waals surface area contributed by atoms with Gasteiger partial charge in [0, 0.05) is 31.4 Å². The smallest absolute Gasteiger partial charge is 0.0555 e. The highest BCUT2D eigenvalue weighted by Gasteiger charge is 2.23. The van der Waals surface area contributed by atoms with Crippen LogP contribution in [0.15, 0.2) is 249 Å². The van der Waals surface area contributed by atoms with Gasteiger partial charge in [-0.05, 0) is 120 Å². The molecule has 0 saturated carbocycles. The molecule has 0 aliphatic carbocycles. The van der Waals surface area contributed by atoms with E-state index in [9.17, 15) is 0 Å². The van der Waals surface area contributed by atoms with Crippen molar-refractivity contribution in [1.82, 2.24) is 0 Å². The van der Waals surface area contributed by atoms with Crippen LogP contribution in [-0.2, 0) is 0 Å². The van der Waals surface area contributed by atoms with Crippen LogP contribution in [0, 0.1) is 0 Å². The molecule has 0 radical (unpaired) electrons. The Morgan fingerprint density at radius 2 is 0.812 bits per heavy atom. The standard InChI is InChI=1S/C62H41NS/c1-4-17-43(18-5-1)51-37-33-46(39-56(51)45-21-8-3-9-22-45)42-31-35-49(36-32-42)63(58-28-16-30-61-62(58)55-27-14-15-29-60(55)64-61)59-41-48(34-38-52(59)44-19-6-2-7-20-44)57-40-47-23-10-11-24-50(47)53-25-12-13-26-54(53)57/h1-41H. The predicted octanol–water partition coefficient (Wildman–Crippen LogP) is 18.2. The number of hydrogen-bond donors (Lipinski definition) is 0. The molecule has 0 aliphatic heterocycles. The van der Waals surface area contributed by atoms with Gasteiger partial charge >= 0.3 is 0 Å². The Hall–Kier alpha value is -8.04. The van der Waals surface area contributed by atoms with E-state index >= 15 is 0 Å². The van der Waals surface area contributed by atoms with Gasteiger partial charge in [-0.1, -0.05) is 200 Å². The second-order valence-corrected chi connectivity index (χ2v) is 17.5. The van der Waals surface area contributed by atoms with Gasteiger partial charge in [0.25, 0.3) is 0 Å². The van der Waals surface area contributed by atoms with Gasteiger partial charge in [0.05, 0.1) is 11.4 Å². The van der Waals surface area contributed by atoms with Crippen molar-refractivity contribution in [2.45, 2.75) is 0 Å². The summed E-state index contributed by atoms with van der Waals surface area (Å²) in [5.41, 5.74) is 15.3. The highest BCUT2D eigenvalue weighted by atomic mass is 32.1. The Balaban J connectivity index is 1.08. The van der Waals surface area contributed by atoms with Crippen molar-refractivity contribution in [2.24, 2.45) is 0 Å². The average Bonchev–Trinajstić information content (AvgIpc) is 3.77. The molecular formula is C62H41NS.